The van der Waals surface area contributed by atoms with Crippen molar-refractivity contribution in [3.8, 4) is 5.75 Å². The Kier molecular flexibility index (Phi) is 5.93. The highest BCUT2D eigenvalue weighted by Crippen LogP contribution is 2.36. The molecule has 6 heteroatoms. The van der Waals surface area contributed by atoms with Gasteiger partial charge in [-0.15, -0.1) is 0 Å². The number of carbonyl (C=O) groups excluding carboxylic acids is 2. The summed E-state index contributed by atoms with van der Waals surface area (Å²) in [4.78, 5) is 26.8. The van der Waals surface area contributed by atoms with Crippen molar-refractivity contribution >= 4 is 23.6 Å². The zero-order valence-corrected chi connectivity index (χ0v) is 16.1. The van der Waals surface area contributed by atoms with E-state index in [1.54, 1.807) is 49.4 Å². The minimum Gasteiger partial charge on any atom is -0.490 e. The third-order valence-corrected chi connectivity index (χ3v) is 4.42. The van der Waals surface area contributed by atoms with E-state index in [4.69, 9.17) is 9.47 Å². The Bertz CT molecular complexity index is 1040. The minimum atomic E-state index is -0.667. The fourth-order valence-corrected chi connectivity index (χ4v) is 3.12. The van der Waals surface area contributed by atoms with Gasteiger partial charge in [0.15, 0.2) is 0 Å². The maximum Gasteiger partial charge on any atom is 0.340 e. The molecular formula is C23H20FNO4. The molecule has 0 aromatic heterocycles. The van der Waals surface area contributed by atoms with Crippen LogP contribution in [0.3, 0.4) is 0 Å². The Morgan fingerprint density at radius 2 is 1.97 bits per heavy atom. The lowest BCUT2D eigenvalue weighted by atomic mass is 10.0. The molecule has 2 aromatic carbocycles. The van der Waals surface area contributed by atoms with Gasteiger partial charge in [0.05, 0.1) is 23.9 Å². The van der Waals surface area contributed by atoms with Crippen molar-refractivity contribution in [2.75, 3.05) is 18.6 Å². The Labute approximate surface area is 168 Å². The minimum absolute atomic E-state index is 0.0721. The molecule has 1 aliphatic rings. The number of esters is 1. The number of nitrogens with zero attached hydrogens (tertiary/aromatic N) is 1. The van der Waals surface area contributed by atoms with E-state index in [2.05, 4.69) is 6.58 Å². The number of anilines is 1. The van der Waals surface area contributed by atoms with E-state index in [1.807, 2.05) is 0 Å². The highest BCUT2D eigenvalue weighted by atomic mass is 19.1. The van der Waals surface area contributed by atoms with Gasteiger partial charge in [-0.2, -0.15) is 0 Å². The molecule has 0 unspecified atom stereocenters. The van der Waals surface area contributed by atoms with Gasteiger partial charge in [-0.3, -0.25) is 9.69 Å². The molecule has 3 rings (SSSR count). The highest BCUT2D eigenvalue weighted by Gasteiger charge is 2.38. The van der Waals surface area contributed by atoms with Crippen molar-refractivity contribution < 1.29 is 23.5 Å². The number of para-hydroxylation sites is 1. The Balaban J connectivity index is 2.09. The third-order valence-electron chi connectivity index (χ3n) is 4.42. The molecule has 0 saturated heterocycles. The van der Waals surface area contributed by atoms with Crippen molar-refractivity contribution in [2.45, 2.75) is 6.92 Å². The van der Waals surface area contributed by atoms with Crippen LogP contribution in [-0.2, 0) is 14.3 Å². The highest BCUT2D eigenvalue weighted by molar-refractivity contribution is 6.23. The zero-order chi connectivity index (χ0) is 21.0. The van der Waals surface area contributed by atoms with Crippen LogP contribution in [0.4, 0.5) is 10.1 Å². The predicted molar refractivity (Wildman–Crippen MR) is 109 cm³/mol. The number of methoxy groups -OCH3 is 1. The molecule has 0 spiro atoms. The monoisotopic (exact) mass is 393 g/mol. The quantitative estimate of drug-likeness (QED) is 0.418. The van der Waals surface area contributed by atoms with Gasteiger partial charge in [0.1, 0.15) is 18.2 Å². The summed E-state index contributed by atoms with van der Waals surface area (Å²) in [6.45, 7) is 5.53. The molecule has 0 saturated carbocycles. The summed E-state index contributed by atoms with van der Waals surface area (Å²) < 4.78 is 24.7. The van der Waals surface area contributed by atoms with Crippen molar-refractivity contribution in [1.82, 2.24) is 0 Å². The molecule has 0 fully saturated rings. The normalized spacial score (nSPS) is 15.1. The summed E-state index contributed by atoms with van der Waals surface area (Å²) in [6, 6.07) is 13.0. The largest absolute Gasteiger partial charge is 0.490 e. The molecule has 0 atom stereocenters. The molecule has 0 N–H and O–H groups in total. The molecule has 148 valence electrons. The van der Waals surface area contributed by atoms with E-state index in [1.165, 1.54) is 30.2 Å². The van der Waals surface area contributed by atoms with Crippen molar-refractivity contribution in [3.05, 3.63) is 89.4 Å². The first kappa shape index (κ1) is 20.1. The van der Waals surface area contributed by atoms with Gasteiger partial charge >= 0.3 is 5.97 Å². The summed E-state index contributed by atoms with van der Waals surface area (Å²) in [7, 11) is 1.24. The fraction of sp³-hybridized carbons (Fsp3) is 0.130. The number of hydrogen-bond acceptors (Lipinski definition) is 4. The number of ether oxygens (including phenoxy) is 2. The lowest BCUT2D eigenvalue weighted by Crippen LogP contribution is -2.25. The van der Waals surface area contributed by atoms with Gasteiger partial charge in [0, 0.05) is 5.70 Å². The van der Waals surface area contributed by atoms with E-state index >= 15 is 0 Å². The molecular weight excluding hydrogens is 373 g/mol. The SMILES string of the molecule is C=CCOc1cccc(/C=C2\C(=O)N(c3ccccc3F)C(C)=C2C(=O)OC)c1. The van der Waals surface area contributed by atoms with Crippen LogP contribution in [0, 0.1) is 5.82 Å². The second-order valence-electron chi connectivity index (χ2n) is 6.27. The van der Waals surface area contributed by atoms with Crippen LogP contribution in [0.2, 0.25) is 0 Å². The molecule has 1 amide bonds. The second-order valence-corrected chi connectivity index (χ2v) is 6.27. The summed E-state index contributed by atoms with van der Waals surface area (Å²) in [6.07, 6.45) is 3.19. The fourth-order valence-electron chi connectivity index (χ4n) is 3.12. The Hall–Kier alpha value is -3.67. The third kappa shape index (κ3) is 3.96. The first-order chi connectivity index (χ1) is 14.0. The topological polar surface area (TPSA) is 55.8 Å². The molecule has 29 heavy (non-hydrogen) atoms. The number of carbonyl (C=O) groups is 2. The lowest BCUT2D eigenvalue weighted by molar-refractivity contribution is -0.136. The van der Waals surface area contributed by atoms with Crippen LogP contribution in [0.5, 0.6) is 5.75 Å². The molecule has 0 aliphatic carbocycles. The second kappa shape index (κ2) is 8.56. The first-order valence-corrected chi connectivity index (χ1v) is 8.92. The van der Waals surface area contributed by atoms with Crippen molar-refractivity contribution in [1.29, 1.82) is 0 Å². The molecule has 0 radical (unpaired) electrons. The number of amides is 1. The van der Waals surface area contributed by atoms with Crippen LogP contribution in [-0.4, -0.2) is 25.6 Å². The summed E-state index contributed by atoms with van der Waals surface area (Å²) in [5.74, 6) is -1.15. The molecule has 2 aromatic rings. The van der Waals surface area contributed by atoms with Gasteiger partial charge in [-0.25, -0.2) is 9.18 Å². The van der Waals surface area contributed by atoms with E-state index in [9.17, 15) is 14.0 Å². The average molecular weight is 393 g/mol. The molecule has 5 nitrogen and oxygen atoms in total. The van der Waals surface area contributed by atoms with Gasteiger partial charge in [0.25, 0.3) is 5.91 Å². The van der Waals surface area contributed by atoms with Gasteiger partial charge in [0.2, 0.25) is 0 Å². The number of hydrogen-bond donors (Lipinski definition) is 0. The zero-order valence-electron chi connectivity index (χ0n) is 16.1. The Morgan fingerprint density at radius 1 is 1.21 bits per heavy atom. The van der Waals surface area contributed by atoms with Crippen LogP contribution >= 0.6 is 0 Å². The summed E-state index contributed by atoms with van der Waals surface area (Å²) in [5.41, 5.74) is 1.25. The van der Waals surface area contributed by atoms with Crippen LogP contribution in [0.1, 0.15) is 12.5 Å². The first-order valence-electron chi connectivity index (χ1n) is 8.92. The molecule has 1 aliphatic heterocycles. The maximum absolute atomic E-state index is 14.3. The van der Waals surface area contributed by atoms with Gasteiger partial charge in [-0.05, 0) is 42.8 Å². The number of halogens is 1. The number of rotatable bonds is 6. The van der Waals surface area contributed by atoms with Crippen LogP contribution < -0.4 is 9.64 Å². The van der Waals surface area contributed by atoms with Crippen LogP contribution in [0.25, 0.3) is 6.08 Å². The van der Waals surface area contributed by atoms with E-state index in [0.29, 0.717) is 23.6 Å². The Morgan fingerprint density at radius 3 is 2.66 bits per heavy atom. The summed E-state index contributed by atoms with van der Waals surface area (Å²) in [5, 5.41) is 0. The molecule has 1 heterocycles. The van der Waals surface area contributed by atoms with Crippen molar-refractivity contribution in [3.63, 3.8) is 0 Å². The van der Waals surface area contributed by atoms with E-state index in [-0.39, 0.29) is 16.8 Å². The average Bonchev–Trinajstić information content (AvgIpc) is 2.96. The maximum atomic E-state index is 14.3. The molecule has 0 bridgehead atoms. The lowest BCUT2D eigenvalue weighted by Gasteiger charge is -2.18. The predicted octanol–water partition coefficient (Wildman–Crippen LogP) is 4.27. The number of benzene rings is 2. The van der Waals surface area contributed by atoms with Crippen molar-refractivity contribution in [2.24, 2.45) is 0 Å². The standard InChI is InChI=1S/C23H20FNO4/c1-4-12-29-17-9-7-8-16(13-17)14-18-21(23(27)28-3)15(2)25(22(18)26)20-11-6-5-10-19(20)24/h4-11,13-14H,1,12H2,2-3H3/b18-14-. The number of allylic oxidation sites excluding steroid dienone is 1. The van der Waals surface area contributed by atoms with Crippen LogP contribution in [0.15, 0.2) is 78.0 Å². The smallest absolute Gasteiger partial charge is 0.340 e. The van der Waals surface area contributed by atoms with E-state index in [0.717, 1.165) is 0 Å². The van der Waals surface area contributed by atoms with Gasteiger partial charge < -0.3 is 9.47 Å². The summed E-state index contributed by atoms with van der Waals surface area (Å²) >= 11 is 0. The van der Waals surface area contributed by atoms with E-state index < -0.39 is 17.7 Å². The van der Waals surface area contributed by atoms with Gasteiger partial charge in [-0.1, -0.05) is 36.9 Å².